The van der Waals surface area contributed by atoms with Crippen LogP contribution < -0.4 is 15.9 Å². The number of hydrogen-bond acceptors (Lipinski definition) is 7. The highest BCUT2D eigenvalue weighted by Crippen LogP contribution is 2.21. The van der Waals surface area contributed by atoms with Crippen molar-refractivity contribution in [3.63, 3.8) is 0 Å². The molecule has 2 aliphatic rings. The van der Waals surface area contributed by atoms with E-state index in [0.29, 0.717) is 61.6 Å². The molecule has 8 heteroatoms. The number of aromatic amines is 1. The van der Waals surface area contributed by atoms with E-state index in [2.05, 4.69) is 14.8 Å². The number of benzene rings is 1. The van der Waals surface area contributed by atoms with Gasteiger partial charge in [-0.15, -0.1) is 0 Å². The second-order valence-corrected chi connectivity index (χ2v) is 8.52. The second-order valence-electron chi connectivity index (χ2n) is 8.52. The summed E-state index contributed by atoms with van der Waals surface area (Å²) in [5.74, 6) is 0.595. The van der Waals surface area contributed by atoms with Crippen LogP contribution in [-0.4, -0.2) is 46.7 Å². The first-order valence-corrected chi connectivity index (χ1v) is 10.7. The Hall–Kier alpha value is -2.97. The van der Waals surface area contributed by atoms with Crippen LogP contribution in [0.1, 0.15) is 30.7 Å². The Morgan fingerprint density at radius 2 is 1.94 bits per heavy atom. The molecule has 0 bridgehead atoms. The van der Waals surface area contributed by atoms with Crippen LogP contribution in [0.3, 0.4) is 0 Å². The summed E-state index contributed by atoms with van der Waals surface area (Å²) in [4.78, 5) is 37.6. The van der Waals surface area contributed by atoms with Gasteiger partial charge in [-0.25, -0.2) is 4.98 Å². The van der Waals surface area contributed by atoms with Crippen molar-refractivity contribution >= 4 is 16.9 Å². The molecule has 5 rings (SSSR count). The SMILES string of the molecule is C[C@H]1CN(c2nc3c(c(=O)[nH]2)CCN(Cc2coc4ccccc4c2=O)C3)C[C@H](C)O1. The molecule has 2 atom stereocenters. The van der Waals surface area contributed by atoms with Crippen molar-refractivity contribution < 1.29 is 9.15 Å². The predicted octanol–water partition coefficient (Wildman–Crippen LogP) is 2.05. The molecular weight excluding hydrogens is 396 g/mol. The Bertz CT molecular complexity index is 1220. The normalized spacial score (nSPS) is 21.9. The van der Waals surface area contributed by atoms with Crippen LogP contribution in [0.4, 0.5) is 5.95 Å². The molecule has 1 fully saturated rings. The minimum atomic E-state index is -0.0725. The lowest BCUT2D eigenvalue weighted by molar-refractivity contribution is -0.00576. The van der Waals surface area contributed by atoms with Crippen LogP contribution in [0.15, 0.2) is 44.5 Å². The average molecular weight is 422 g/mol. The molecule has 0 spiro atoms. The van der Waals surface area contributed by atoms with Gasteiger partial charge in [-0.05, 0) is 32.4 Å². The fourth-order valence-electron chi connectivity index (χ4n) is 4.58. The standard InChI is InChI=1S/C23H26N4O4/c1-14-9-27(10-15(2)31-14)23-24-19-12-26(8-7-17(19)22(29)25-23)11-16-13-30-20-6-4-3-5-18(20)21(16)28/h3-6,13-15H,7-12H2,1-2H3,(H,24,25,29)/t14-,15-/m0/s1. The Balaban J connectivity index is 1.40. The molecule has 0 radical (unpaired) electrons. The predicted molar refractivity (Wildman–Crippen MR) is 117 cm³/mol. The molecule has 1 aromatic carbocycles. The summed E-state index contributed by atoms with van der Waals surface area (Å²) < 4.78 is 11.5. The maximum atomic E-state index is 12.8. The number of rotatable bonds is 3. The van der Waals surface area contributed by atoms with Gasteiger partial charge in [0.25, 0.3) is 5.56 Å². The van der Waals surface area contributed by atoms with E-state index in [-0.39, 0.29) is 23.2 Å². The molecular formula is C23H26N4O4. The molecule has 162 valence electrons. The number of anilines is 1. The van der Waals surface area contributed by atoms with E-state index in [1.165, 1.54) is 0 Å². The summed E-state index contributed by atoms with van der Waals surface area (Å²) >= 11 is 0. The maximum Gasteiger partial charge on any atom is 0.255 e. The highest BCUT2D eigenvalue weighted by Gasteiger charge is 2.27. The molecule has 3 aromatic rings. The van der Waals surface area contributed by atoms with Crippen LogP contribution in [0.2, 0.25) is 0 Å². The van der Waals surface area contributed by atoms with Gasteiger partial charge >= 0.3 is 0 Å². The molecule has 4 heterocycles. The van der Waals surface area contributed by atoms with Crippen molar-refractivity contribution in [1.82, 2.24) is 14.9 Å². The molecule has 0 amide bonds. The average Bonchev–Trinajstić information content (AvgIpc) is 2.75. The number of fused-ring (bicyclic) bond motifs is 2. The van der Waals surface area contributed by atoms with Gasteiger partial charge in [-0.2, -0.15) is 0 Å². The van der Waals surface area contributed by atoms with Gasteiger partial charge in [0.2, 0.25) is 5.95 Å². The smallest absolute Gasteiger partial charge is 0.255 e. The zero-order valence-electron chi connectivity index (χ0n) is 17.8. The second kappa shape index (κ2) is 7.94. The zero-order valence-corrected chi connectivity index (χ0v) is 17.8. The van der Waals surface area contributed by atoms with Gasteiger partial charge in [0.15, 0.2) is 5.43 Å². The molecule has 0 aliphatic carbocycles. The molecule has 2 aromatic heterocycles. The lowest BCUT2D eigenvalue weighted by atomic mass is 10.1. The molecule has 0 unspecified atom stereocenters. The Kier molecular flexibility index (Phi) is 5.11. The highest BCUT2D eigenvalue weighted by molar-refractivity contribution is 5.76. The van der Waals surface area contributed by atoms with E-state index in [0.717, 1.165) is 11.3 Å². The third-order valence-electron chi connectivity index (χ3n) is 6.00. The van der Waals surface area contributed by atoms with Gasteiger partial charge in [-0.3, -0.25) is 19.5 Å². The van der Waals surface area contributed by atoms with E-state index in [1.54, 1.807) is 18.4 Å². The molecule has 2 aliphatic heterocycles. The van der Waals surface area contributed by atoms with Crippen LogP contribution in [0, 0.1) is 0 Å². The van der Waals surface area contributed by atoms with Crippen molar-refractivity contribution in [3.8, 4) is 0 Å². The maximum absolute atomic E-state index is 12.8. The fraction of sp³-hybridized carbons (Fsp3) is 0.435. The van der Waals surface area contributed by atoms with Crippen molar-refractivity contribution in [3.05, 3.63) is 67.9 Å². The number of morpholine rings is 1. The van der Waals surface area contributed by atoms with Crippen LogP contribution in [0.25, 0.3) is 11.0 Å². The van der Waals surface area contributed by atoms with Crippen LogP contribution in [0.5, 0.6) is 0 Å². The number of aromatic nitrogens is 2. The molecule has 1 saturated heterocycles. The summed E-state index contributed by atoms with van der Waals surface area (Å²) in [6.07, 6.45) is 2.31. The summed E-state index contributed by atoms with van der Waals surface area (Å²) in [7, 11) is 0. The third kappa shape index (κ3) is 3.88. The van der Waals surface area contributed by atoms with Gasteiger partial charge in [0.05, 0.1) is 29.6 Å². The first-order valence-electron chi connectivity index (χ1n) is 10.7. The number of hydrogen-bond donors (Lipinski definition) is 1. The largest absolute Gasteiger partial charge is 0.464 e. The summed E-state index contributed by atoms with van der Waals surface area (Å²) in [6.45, 7) is 7.10. The van der Waals surface area contributed by atoms with E-state index >= 15 is 0 Å². The Labute approximate surface area is 179 Å². The minimum absolute atomic E-state index is 0.0107. The van der Waals surface area contributed by atoms with E-state index < -0.39 is 0 Å². The first-order chi connectivity index (χ1) is 15.0. The Morgan fingerprint density at radius 1 is 1.16 bits per heavy atom. The van der Waals surface area contributed by atoms with E-state index in [9.17, 15) is 9.59 Å². The molecule has 31 heavy (non-hydrogen) atoms. The number of nitrogens with zero attached hydrogens (tertiary/aromatic N) is 3. The summed E-state index contributed by atoms with van der Waals surface area (Å²) in [5, 5.41) is 0.588. The van der Waals surface area contributed by atoms with Crippen molar-refractivity contribution in [2.24, 2.45) is 0 Å². The van der Waals surface area contributed by atoms with Gasteiger partial charge in [0.1, 0.15) is 5.58 Å². The van der Waals surface area contributed by atoms with Gasteiger partial charge < -0.3 is 14.1 Å². The van der Waals surface area contributed by atoms with Crippen molar-refractivity contribution in [2.75, 3.05) is 24.5 Å². The monoisotopic (exact) mass is 422 g/mol. The number of para-hydroxylation sites is 1. The molecule has 8 nitrogen and oxygen atoms in total. The number of ether oxygens (including phenoxy) is 1. The lowest BCUT2D eigenvalue weighted by Gasteiger charge is -2.36. The van der Waals surface area contributed by atoms with Gasteiger partial charge in [-0.1, -0.05) is 12.1 Å². The fourth-order valence-corrected chi connectivity index (χ4v) is 4.58. The summed E-state index contributed by atoms with van der Waals surface area (Å²) in [5.41, 5.74) is 2.64. The third-order valence-corrected chi connectivity index (χ3v) is 6.00. The van der Waals surface area contributed by atoms with Crippen LogP contribution >= 0.6 is 0 Å². The van der Waals surface area contributed by atoms with Gasteiger partial charge in [0, 0.05) is 43.9 Å². The molecule has 1 N–H and O–H groups in total. The highest BCUT2D eigenvalue weighted by atomic mass is 16.5. The molecule has 0 saturated carbocycles. The van der Waals surface area contributed by atoms with Crippen molar-refractivity contribution in [1.29, 1.82) is 0 Å². The number of H-pyrrole nitrogens is 1. The van der Waals surface area contributed by atoms with E-state index in [4.69, 9.17) is 14.1 Å². The topological polar surface area (TPSA) is 91.7 Å². The number of nitrogens with one attached hydrogen (secondary N) is 1. The lowest BCUT2D eigenvalue weighted by Crippen LogP contribution is -2.47. The zero-order chi connectivity index (χ0) is 21.5. The quantitative estimate of drug-likeness (QED) is 0.691. The Morgan fingerprint density at radius 3 is 2.74 bits per heavy atom. The van der Waals surface area contributed by atoms with Crippen LogP contribution in [-0.2, 0) is 24.2 Å². The van der Waals surface area contributed by atoms with Crippen molar-refractivity contribution in [2.45, 2.75) is 45.6 Å². The first kappa shape index (κ1) is 20.0. The van der Waals surface area contributed by atoms with E-state index in [1.807, 2.05) is 26.0 Å². The summed E-state index contributed by atoms with van der Waals surface area (Å²) in [6, 6.07) is 7.27. The minimum Gasteiger partial charge on any atom is -0.464 e.